The first-order valence-corrected chi connectivity index (χ1v) is 9.13. The zero-order valence-corrected chi connectivity index (χ0v) is 16.6. The van der Waals surface area contributed by atoms with Crippen LogP contribution >= 0.6 is 0 Å². The third-order valence-electron chi connectivity index (χ3n) is 4.45. The molecule has 0 fully saturated rings. The minimum atomic E-state index is -2.15. The molecule has 162 valence electrons. The number of carbonyl (C=O) groups is 2. The molecule has 0 aliphatic rings. The number of hydrogen-bond acceptors (Lipinski definition) is 7. The zero-order chi connectivity index (χ0) is 22.8. The number of carboxylic acid groups (broad SMARTS) is 1. The molecule has 1 aromatic carbocycles. The van der Waals surface area contributed by atoms with Crippen LogP contribution in [-0.4, -0.2) is 53.9 Å². The van der Waals surface area contributed by atoms with Gasteiger partial charge < -0.3 is 15.5 Å². The molecular weight excluding hydrogens is 412 g/mol. The molecule has 2 aromatic heterocycles. The van der Waals surface area contributed by atoms with E-state index in [9.17, 15) is 23.5 Å². The number of Topliss-reactive ketones (excluding diaryl/α,β-unsaturated/α-hetero) is 1. The lowest BCUT2D eigenvalue weighted by Gasteiger charge is -2.18. The van der Waals surface area contributed by atoms with Crippen LogP contribution < -0.4 is 5.32 Å². The Morgan fingerprint density at radius 2 is 1.94 bits per heavy atom. The van der Waals surface area contributed by atoms with E-state index in [1.807, 2.05) is 0 Å². The van der Waals surface area contributed by atoms with Crippen LogP contribution in [0.25, 0.3) is 11.5 Å². The number of nitrogens with zero attached hydrogens (tertiary/aromatic N) is 4. The van der Waals surface area contributed by atoms with E-state index in [4.69, 9.17) is 5.11 Å². The van der Waals surface area contributed by atoms with Crippen molar-refractivity contribution in [2.75, 3.05) is 11.9 Å². The number of carbonyl (C=O) groups excluding carboxylic acids is 1. The summed E-state index contributed by atoms with van der Waals surface area (Å²) in [5, 5.41) is 25.4. The van der Waals surface area contributed by atoms with Gasteiger partial charge >= 0.3 is 5.97 Å². The van der Waals surface area contributed by atoms with Crippen molar-refractivity contribution in [1.29, 1.82) is 0 Å². The van der Waals surface area contributed by atoms with Crippen LogP contribution in [0.2, 0.25) is 0 Å². The topological polar surface area (TPSA) is 130 Å². The summed E-state index contributed by atoms with van der Waals surface area (Å²) in [6.45, 7) is 1.84. The van der Waals surface area contributed by atoms with Crippen molar-refractivity contribution in [3.8, 4) is 11.5 Å². The van der Waals surface area contributed by atoms with Gasteiger partial charge in [0, 0.05) is 12.5 Å². The normalized spacial score (nSPS) is 12.9. The molecule has 3 rings (SSSR count). The van der Waals surface area contributed by atoms with Crippen LogP contribution in [-0.2, 0) is 11.3 Å². The summed E-state index contributed by atoms with van der Waals surface area (Å²) in [5.74, 6) is -3.54. The second kappa shape index (κ2) is 8.56. The highest BCUT2D eigenvalue weighted by atomic mass is 19.1. The molecule has 1 unspecified atom stereocenters. The van der Waals surface area contributed by atoms with Crippen molar-refractivity contribution in [2.24, 2.45) is 0 Å². The van der Waals surface area contributed by atoms with Crippen molar-refractivity contribution in [3.05, 3.63) is 59.4 Å². The maximum atomic E-state index is 14.1. The van der Waals surface area contributed by atoms with E-state index >= 15 is 0 Å². The zero-order valence-electron chi connectivity index (χ0n) is 16.6. The number of aliphatic carboxylic acids is 1. The molecule has 9 nitrogen and oxygen atoms in total. The molecule has 1 atom stereocenters. The molecule has 11 heteroatoms. The quantitative estimate of drug-likeness (QED) is 0.463. The molecule has 3 N–H and O–H groups in total. The Morgan fingerprint density at radius 1 is 1.23 bits per heavy atom. The van der Waals surface area contributed by atoms with Gasteiger partial charge in [-0.2, -0.15) is 5.10 Å². The molecule has 0 amide bonds. The minimum absolute atomic E-state index is 0.0185. The monoisotopic (exact) mass is 431 g/mol. The number of anilines is 1. The second-order valence-corrected chi connectivity index (χ2v) is 7.04. The number of aliphatic hydroxyl groups is 1. The van der Waals surface area contributed by atoms with E-state index in [0.717, 1.165) is 13.1 Å². The summed E-state index contributed by atoms with van der Waals surface area (Å²) in [7, 11) is 0. The lowest BCUT2D eigenvalue weighted by atomic mass is 10.1. The highest BCUT2D eigenvalue weighted by Crippen LogP contribution is 2.21. The van der Waals surface area contributed by atoms with E-state index in [1.165, 1.54) is 23.7 Å². The maximum Gasteiger partial charge on any atom is 0.337 e. The van der Waals surface area contributed by atoms with Gasteiger partial charge in [-0.1, -0.05) is 18.2 Å². The number of hydrogen-bond donors (Lipinski definition) is 3. The van der Waals surface area contributed by atoms with Gasteiger partial charge in [0.15, 0.2) is 28.8 Å². The maximum absolute atomic E-state index is 14.1. The number of aromatic nitrogens is 4. The Morgan fingerprint density at radius 3 is 2.58 bits per heavy atom. The number of rotatable bonds is 8. The van der Waals surface area contributed by atoms with Gasteiger partial charge in [-0.25, -0.2) is 23.5 Å². The lowest BCUT2D eigenvalue weighted by Crippen LogP contribution is -2.42. The fourth-order valence-corrected chi connectivity index (χ4v) is 2.66. The van der Waals surface area contributed by atoms with Gasteiger partial charge in [-0.15, -0.1) is 0 Å². The summed E-state index contributed by atoms with van der Waals surface area (Å²) >= 11 is 0. The molecule has 31 heavy (non-hydrogen) atoms. The van der Waals surface area contributed by atoms with Crippen molar-refractivity contribution < 1.29 is 28.6 Å². The summed E-state index contributed by atoms with van der Waals surface area (Å²) < 4.78 is 29.4. The van der Waals surface area contributed by atoms with Gasteiger partial charge in [0.05, 0.1) is 19.3 Å². The van der Waals surface area contributed by atoms with Gasteiger partial charge in [0.2, 0.25) is 0 Å². The third kappa shape index (κ3) is 4.89. The molecule has 0 saturated heterocycles. The predicted octanol–water partition coefficient (Wildman–Crippen LogP) is 2.12. The van der Waals surface area contributed by atoms with E-state index in [1.54, 1.807) is 18.2 Å². The van der Waals surface area contributed by atoms with Gasteiger partial charge in [-0.05, 0) is 19.1 Å². The Labute approximate surface area is 175 Å². The second-order valence-electron chi connectivity index (χ2n) is 7.04. The summed E-state index contributed by atoms with van der Waals surface area (Å²) in [6, 6.07) is 7.45. The Kier molecular flexibility index (Phi) is 6.07. The molecule has 0 aliphatic heterocycles. The Hall–Kier alpha value is -3.73. The summed E-state index contributed by atoms with van der Waals surface area (Å²) in [4.78, 5) is 30.9. The molecule has 3 aromatic rings. The fourth-order valence-electron chi connectivity index (χ4n) is 2.66. The number of benzene rings is 1. The first-order valence-electron chi connectivity index (χ1n) is 9.13. The largest absolute Gasteiger partial charge is 0.479 e. The first kappa shape index (κ1) is 22.0. The molecule has 0 aliphatic carbocycles. The van der Waals surface area contributed by atoms with E-state index in [-0.39, 0.29) is 35.4 Å². The Bertz CT molecular complexity index is 1150. The van der Waals surface area contributed by atoms with Gasteiger partial charge in [0.1, 0.15) is 17.2 Å². The molecule has 0 radical (unpaired) electrons. The summed E-state index contributed by atoms with van der Waals surface area (Å²) in [5.41, 5.74) is -1.53. The van der Waals surface area contributed by atoms with Gasteiger partial charge in [0.25, 0.3) is 0 Å². The molecule has 0 spiro atoms. The van der Waals surface area contributed by atoms with Crippen molar-refractivity contribution in [3.63, 3.8) is 0 Å². The summed E-state index contributed by atoms with van der Waals surface area (Å²) in [6.07, 6.45) is 0.851. The standard InChI is InChI=1S/C20H19F2N5O4/c1-11(28)16-7-15(26-27(16)9-12-5-3-4-6-13(12)21)18-23-8-14(22)17(25-18)24-10-20(2,31)19(29)30/h3-8,31H,9-10H2,1-2H3,(H,29,30)(H,23,24,25). The smallest absolute Gasteiger partial charge is 0.337 e. The molecular formula is C20H19F2N5O4. The van der Waals surface area contributed by atoms with Crippen molar-refractivity contribution >= 4 is 17.6 Å². The number of halogens is 2. The van der Waals surface area contributed by atoms with E-state index < -0.39 is 29.7 Å². The van der Waals surface area contributed by atoms with Crippen LogP contribution in [0, 0.1) is 11.6 Å². The predicted molar refractivity (Wildman–Crippen MR) is 105 cm³/mol. The number of nitrogens with one attached hydrogen (secondary N) is 1. The number of ketones is 1. The van der Waals surface area contributed by atoms with Crippen LogP contribution in [0.15, 0.2) is 36.5 Å². The molecule has 0 bridgehead atoms. The highest BCUT2D eigenvalue weighted by molar-refractivity contribution is 5.93. The average molecular weight is 431 g/mol. The molecule has 2 heterocycles. The van der Waals surface area contributed by atoms with Crippen LogP contribution in [0.4, 0.5) is 14.6 Å². The van der Waals surface area contributed by atoms with E-state index in [0.29, 0.717) is 5.56 Å². The molecule has 0 saturated carbocycles. The highest BCUT2D eigenvalue weighted by Gasteiger charge is 2.30. The number of carboxylic acids is 1. The average Bonchev–Trinajstić information content (AvgIpc) is 3.13. The van der Waals surface area contributed by atoms with Crippen LogP contribution in [0.1, 0.15) is 29.9 Å². The fraction of sp³-hybridized carbons (Fsp3) is 0.250. The third-order valence-corrected chi connectivity index (χ3v) is 4.45. The van der Waals surface area contributed by atoms with Gasteiger partial charge in [-0.3, -0.25) is 9.48 Å². The van der Waals surface area contributed by atoms with Crippen LogP contribution in [0.5, 0.6) is 0 Å². The SMILES string of the molecule is CC(=O)c1cc(-c2ncc(F)c(NCC(C)(O)C(=O)O)n2)nn1Cc1ccccc1F. The Balaban J connectivity index is 1.93. The van der Waals surface area contributed by atoms with Crippen LogP contribution in [0.3, 0.4) is 0 Å². The van der Waals surface area contributed by atoms with Crippen molar-refractivity contribution in [1.82, 2.24) is 19.7 Å². The minimum Gasteiger partial charge on any atom is -0.479 e. The first-order chi connectivity index (χ1) is 14.6. The van der Waals surface area contributed by atoms with E-state index in [2.05, 4.69) is 20.4 Å². The van der Waals surface area contributed by atoms with Crippen molar-refractivity contribution in [2.45, 2.75) is 26.0 Å². The lowest BCUT2D eigenvalue weighted by molar-refractivity contribution is -0.155.